The zero-order chi connectivity index (χ0) is 16.0. The average molecular weight is 301 g/mol. The molecule has 2 nitrogen and oxygen atoms in total. The molecule has 0 aliphatic heterocycles. The smallest absolute Gasteiger partial charge is 0.0993 e. The summed E-state index contributed by atoms with van der Waals surface area (Å²) in [5, 5.41) is 0. The Morgan fingerprint density at radius 2 is 1.82 bits per heavy atom. The minimum atomic E-state index is -0.114. The molecule has 0 spiro atoms. The third-order valence-corrected chi connectivity index (χ3v) is 6.99. The first-order valence-electron chi connectivity index (χ1n) is 8.68. The number of hydrogen-bond acceptors (Lipinski definition) is 2. The Hall–Kier alpha value is -0.860. The molecule has 3 rings (SSSR count). The van der Waals surface area contributed by atoms with Crippen molar-refractivity contribution in [3.05, 3.63) is 35.9 Å². The Morgan fingerprint density at radius 3 is 2.32 bits per heavy atom. The van der Waals surface area contributed by atoms with Crippen molar-refractivity contribution < 1.29 is 4.74 Å². The monoisotopic (exact) mass is 301 g/mol. The molecular formula is C20H31NO. The van der Waals surface area contributed by atoms with E-state index in [-0.39, 0.29) is 11.0 Å². The Labute approximate surface area is 135 Å². The van der Waals surface area contributed by atoms with E-state index in [4.69, 9.17) is 4.74 Å². The highest BCUT2D eigenvalue weighted by Gasteiger charge is 2.69. The van der Waals surface area contributed by atoms with Crippen LogP contribution in [0.25, 0.3) is 0 Å². The molecule has 1 aromatic rings. The van der Waals surface area contributed by atoms with Gasteiger partial charge in [0, 0.05) is 12.0 Å². The maximum atomic E-state index is 6.72. The van der Waals surface area contributed by atoms with Crippen molar-refractivity contribution in [2.75, 3.05) is 27.2 Å². The maximum Gasteiger partial charge on any atom is 0.0993 e. The largest absolute Gasteiger partial charge is 0.368 e. The topological polar surface area (TPSA) is 12.5 Å². The summed E-state index contributed by atoms with van der Waals surface area (Å²) in [5.41, 5.74) is 1.84. The molecule has 2 heteroatoms. The molecule has 0 saturated heterocycles. The molecule has 2 aliphatic rings. The highest BCUT2D eigenvalue weighted by Crippen LogP contribution is 2.73. The number of nitrogens with zero attached hydrogens (tertiary/aromatic N) is 1. The molecule has 2 aliphatic carbocycles. The molecule has 22 heavy (non-hydrogen) atoms. The minimum absolute atomic E-state index is 0.114. The number of hydrogen-bond donors (Lipinski definition) is 0. The molecule has 1 aromatic carbocycles. The summed E-state index contributed by atoms with van der Waals surface area (Å²) in [6.07, 6.45) is 3.81. The second kappa shape index (κ2) is 5.35. The Kier molecular flexibility index (Phi) is 3.89. The third-order valence-electron chi connectivity index (χ3n) is 6.99. The lowest BCUT2D eigenvalue weighted by atomic mass is 9.62. The van der Waals surface area contributed by atoms with Gasteiger partial charge >= 0.3 is 0 Å². The van der Waals surface area contributed by atoms with Gasteiger partial charge in [0.25, 0.3) is 0 Å². The van der Waals surface area contributed by atoms with Crippen LogP contribution in [0.4, 0.5) is 0 Å². The summed E-state index contributed by atoms with van der Waals surface area (Å²) in [7, 11) is 4.23. The maximum absolute atomic E-state index is 6.72. The third kappa shape index (κ3) is 2.07. The van der Waals surface area contributed by atoms with E-state index in [1.807, 2.05) is 0 Å². The van der Waals surface area contributed by atoms with E-state index in [0.29, 0.717) is 5.41 Å². The summed E-state index contributed by atoms with van der Waals surface area (Å²) < 4.78 is 6.72. The summed E-state index contributed by atoms with van der Waals surface area (Å²) in [6, 6.07) is 11.0. The van der Waals surface area contributed by atoms with Crippen molar-refractivity contribution in [1.82, 2.24) is 4.90 Å². The first-order chi connectivity index (χ1) is 10.3. The highest BCUT2D eigenvalue weighted by molar-refractivity contribution is 5.32. The quantitative estimate of drug-likeness (QED) is 0.803. The van der Waals surface area contributed by atoms with Gasteiger partial charge in [-0.3, -0.25) is 0 Å². The van der Waals surface area contributed by atoms with Gasteiger partial charge in [0.05, 0.1) is 12.2 Å². The van der Waals surface area contributed by atoms with Crippen molar-refractivity contribution >= 4 is 0 Å². The number of ether oxygens (including phenoxy) is 1. The summed E-state index contributed by atoms with van der Waals surface area (Å²) in [5.74, 6) is 0.775. The molecule has 0 N–H and O–H groups in total. The predicted molar refractivity (Wildman–Crippen MR) is 91.9 cm³/mol. The fourth-order valence-corrected chi connectivity index (χ4v) is 5.10. The highest BCUT2D eigenvalue weighted by atomic mass is 16.5. The number of likely N-dealkylation sites (N-methyl/N-ethyl adjacent to an activating group) is 1. The summed E-state index contributed by atoms with van der Waals surface area (Å²) in [6.45, 7) is 9.19. The lowest BCUT2D eigenvalue weighted by Crippen LogP contribution is -2.47. The molecule has 2 fully saturated rings. The van der Waals surface area contributed by atoms with Gasteiger partial charge in [-0.05, 0) is 50.3 Å². The van der Waals surface area contributed by atoms with Gasteiger partial charge in [0.15, 0.2) is 0 Å². The van der Waals surface area contributed by atoms with Crippen molar-refractivity contribution in [2.24, 2.45) is 16.7 Å². The van der Waals surface area contributed by atoms with Crippen LogP contribution < -0.4 is 0 Å². The molecule has 122 valence electrons. The molecule has 2 unspecified atom stereocenters. The zero-order valence-electron chi connectivity index (χ0n) is 14.9. The second-order valence-corrected chi connectivity index (χ2v) is 8.34. The molecule has 0 radical (unpaired) electrons. The first-order valence-corrected chi connectivity index (χ1v) is 8.68. The van der Waals surface area contributed by atoms with Crippen LogP contribution >= 0.6 is 0 Å². The lowest BCUT2D eigenvalue weighted by molar-refractivity contribution is -0.148. The zero-order valence-corrected chi connectivity index (χ0v) is 14.9. The Bertz CT molecular complexity index is 524. The molecule has 3 atom stereocenters. The predicted octanol–water partition coefficient (Wildman–Crippen LogP) is 4.31. The van der Waals surface area contributed by atoms with Gasteiger partial charge in [-0.15, -0.1) is 0 Å². The molecule has 2 saturated carbocycles. The number of fused-ring (bicyclic) bond motifs is 2. The lowest BCUT2D eigenvalue weighted by Gasteiger charge is -2.49. The molecule has 0 aromatic heterocycles. The Balaban J connectivity index is 1.99. The van der Waals surface area contributed by atoms with E-state index in [2.05, 4.69) is 70.1 Å². The fourth-order valence-electron chi connectivity index (χ4n) is 5.10. The van der Waals surface area contributed by atoms with Crippen LogP contribution in [0.1, 0.15) is 45.6 Å². The number of benzene rings is 1. The van der Waals surface area contributed by atoms with E-state index in [1.54, 1.807) is 0 Å². The fraction of sp³-hybridized carbons (Fsp3) is 0.700. The van der Waals surface area contributed by atoms with E-state index < -0.39 is 0 Å². The molecule has 0 amide bonds. The van der Waals surface area contributed by atoms with Gasteiger partial charge in [-0.2, -0.15) is 0 Å². The van der Waals surface area contributed by atoms with Crippen molar-refractivity contribution in [1.29, 1.82) is 0 Å². The average Bonchev–Trinajstić information content (AvgIpc) is 2.80. The van der Waals surface area contributed by atoms with Gasteiger partial charge in [-0.25, -0.2) is 0 Å². The summed E-state index contributed by atoms with van der Waals surface area (Å²) in [4.78, 5) is 2.21. The molecule has 0 heterocycles. The van der Waals surface area contributed by atoms with E-state index >= 15 is 0 Å². The van der Waals surface area contributed by atoms with Crippen molar-refractivity contribution in [2.45, 2.75) is 45.6 Å². The molecule has 2 bridgehead atoms. The molecular weight excluding hydrogens is 270 g/mol. The van der Waals surface area contributed by atoms with Crippen LogP contribution in [0, 0.1) is 16.7 Å². The van der Waals surface area contributed by atoms with Gasteiger partial charge in [0.2, 0.25) is 0 Å². The van der Waals surface area contributed by atoms with Crippen LogP contribution in [0.3, 0.4) is 0 Å². The van der Waals surface area contributed by atoms with Crippen LogP contribution in [0.2, 0.25) is 0 Å². The standard InChI is InChI=1S/C20H31NO/c1-18(2)17-11-12-19(18,3)20(15-17,22-14-13-21(4)5)16-9-7-6-8-10-16/h6-10,17H,11-15H2,1-5H3/t17?,19-,20?/m1/s1. The van der Waals surface area contributed by atoms with E-state index in [9.17, 15) is 0 Å². The van der Waals surface area contributed by atoms with Gasteiger partial charge < -0.3 is 9.64 Å². The van der Waals surface area contributed by atoms with Crippen LogP contribution in [0.5, 0.6) is 0 Å². The van der Waals surface area contributed by atoms with Gasteiger partial charge in [-0.1, -0.05) is 51.1 Å². The SMILES string of the molecule is CN(C)CCOC1(c2ccccc2)CC2CC[C@]1(C)C2(C)C. The Morgan fingerprint density at radius 1 is 1.14 bits per heavy atom. The second-order valence-electron chi connectivity index (χ2n) is 8.34. The van der Waals surface area contributed by atoms with E-state index in [0.717, 1.165) is 19.1 Å². The van der Waals surface area contributed by atoms with Gasteiger partial charge in [0.1, 0.15) is 0 Å². The first kappa shape index (κ1) is 16.0. The van der Waals surface area contributed by atoms with Crippen LogP contribution in [-0.2, 0) is 10.3 Å². The number of rotatable bonds is 5. The van der Waals surface area contributed by atoms with Crippen molar-refractivity contribution in [3.8, 4) is 0 Å². The van der Waals surface area contributed by atoms with Crippen LogP contribution in [0.15, 0.2) is 30.3 Å². The van der Waals surface area contributed by atoms with E-state index in [1.165, 1.54) is 24.8 Å². The van der Waals surface area contributed by atoms with Crippen LogP contribution in [-0.4, -0.2) is 32.1 Å². The minimum Gasteiger partial charge on any atom is -0.368 e. The van der Waals surface area contributed by atoms with Crippen molar-refractivity contribution in [3.63, 3.8) is 0 Å². The summed E-state index contributed by atoms with van der Waals surface area (Å²) >= 11 is 0. The normalized spacial score (nSPS) is 36.2.